The number of fused-ring (bicyclic) bond motifs is 1. The van der Waals surface area contributed by atoms with E-state index in [2.05, 4.69) is 20.9 Å². The zero-order valence-corrected chi connectivity index (χ0v) is 24.6. The second kappa shape index (κ2) is 12.1. The van der Waals surface area contributed by atoms with Crippen molar-refractivity contribution >= 4 is 39.3 Å². The molecule has 204 valence electrons. The fourth-order valence-electron chi connectivity index (χ4n) is 4.50. The van der Waals surface area contributed by atoms with E-state index in [1.807, 2.05) is 78.9 Å². The van der Waals surface area contributed by atoms with Crippen LogP contribution >= 0.6 is 27.3 Å². The molecule has 2 heterocycles. The third kappa shape index (κ3) is 5.66. The van der Waals surface area contributed by atoms with Gasteiger partial charge in [-0.25, -0.2) is 9.79 Å². The number of thiazole rings is 1. The standard InChI is InChI=1S/C31H27BrN2O5S/c1-4-38-30(36)27-19(2)33-31-34(28(27)22-11-13-23(37-3)14-12-22)29(35)26(40-31)17-21-10-15-25(24(32)16-21)39-18-20-8-6-5-7-9-20/h5-17,28H,4,18H2,1-3H3/b26-17-/t28-/m0/s1. The van der Waals surface area contributed by atoms with E-state index >= 15 is 0 Å². The van der Waals surface area contributed by atoms with Crippen LogP contribution in [0, 0.1) is 0 Å². The van der Waals surface area contributed by atoms with Gasteiger partial charge in [-0.2, -0.15) is 0 Å². The van der Waals surface area contributed by atoms with Crippen LogP contribution in [-0.4, -0.2) is 24.3 Å². The minimum atomic E-state index is -0.677. The Bertz CT molecular complexity index is 1760. The van der Waals surface area contributed by atoms with Crippen LogP contribution in [-0.2, 0) is 16.1 Å². The number of ether oxygens (including phenoxy) is 3. The van der Waals surface area contributed by atoms with Gasteiger partial charge >= 0.3 is 5.97 Å². The van der Waals surface area contributed by atoms with Gasteiger partial charge in [-0.15, -0.1) is 0 Å². The van der Waals surface area contributed by atoms with E-state index in [9.17, 15) is 9.59 Å². The maximum Gasteiger partial charge on any atom is 0.338 e. The Balaban J connectivity index is 1.53. The summed E-state index contributed by atoms with van der Waals surface area (Å²) < 4.78 is 19.5. The van der Waals surface area contributed by atoms with E-state index in [1.165, 1.54) is 11.3 Å². The fraction of sp³-hybridized carbons (Fsp3) is 0.194. The lowest BCUT2D eigenvalue weighted by atomic mass is 9.96. The number of nitrogens with zero attached hydrogens (tertiary/aromatic N) is 2. The minimum absolute atomic E-state index is 0.218. The molecule has 4 aromatic rings. The number of carbonyl (C=O) groups excluding carboxylic acids is 1. The van der Waals surface area contributed by atoms with Crippen LogP contribution in [0.4, 0.5) is 0 Å². The van der Waals surface area contributed by atoms with Crippen molar-refractivity contribution in [3.05, 3.63) is 125 Å². The van der Waals surface area contributed by atoms with E-state index in [1.54, 1.807) is 25.5 Å². The first-order valence-electron chi connectivity index (χ1n) is 12.7. The van der Waals surface area contributed by atoms with Crippen molar-refractivity contribution in [2.45, 2.75) is 26.5 Å². The van der Waals surface area contributed by atoms with E-state index in [4.69, 9.17) is 14.2 Å². The van der Waals surface area contributed by atoms with Crippen LogP contribution in [0.3, 0.4) is 0 Å². The highest BCUT2D eigenvalue weighted by molar-refractivity contribution is 9.10. The molecular weight excluding hydrogens is 592 g/mol. The summed E-state index contributed by atoms with van der Waals surface area (Å²) in [6.45, 7) is 4.19. The maximum absolute atomic E-state index is 13.8. The van der Waals surface area contributed by atoms with Gasteiger partial charge in [0.1, 0.15) is 18.1 Å². The van der Waals surface area contributed by atoms with Crippen molar-refractivity contribution < 1.29 is 19.0 Å². The fourth-order valence-corrected chi connectivity index (χ4v) is 6.06. The lowest BCUT2D eigenvalue weighted by Gasteiger charge is -2.24. The lowest BCUT2D eigenvalue weighted by molar-refractivity contribution is -0.139. The highest BCUT2D eigenvalue weighted by Gasteiger charge is 2.33. The zero-order chi connectivity index (χ0) is 28.2. The molecule has 1 aliphatic rings. The average Bonchev–Trinajstić information content (AvgIpc) is 3.26. The number of rotatable bonds is 8. The molecule has 1 aromatic heterocycles. The Hall–Kier alpha value is -3.95. The van der Waals surface area contributed by atoms with Crippen LogP contribution < -0.4 is 24.4 Å². The van der Waals surface area contributed by atoms with Gasteiger partial charge in [-0.1, -0.05) is 59.9 Å². The van der Waals surface area contributed by atoms with E-state index in [-0.39, 0.29) is 12.2 Å². The predicted molar refractivity (Wildman–Crippen MR) is 158 cm³/mol. The first-order valence-corrected chi connectivity index (χ1v) is 14.3. The maximum atomic E-state index is 13.8. The summed E-state index contributed by atoms with van der Waals surface area (Å²) in [5.74, 6) is 0.891. The largest absolute Gasteiger partial charge is 0.497 e. The van der Waals surface area contributed by atoms with Crippen LogP contribution in [0.2, 0.25) is 0 Å². The summed E-state index contributed by atoms with van der Waals surface area (Å²) in [5, 5.41) is 0. The number of methoxy groups -OCH3 is 1. The molecule has 0 aliphatic carbocycles. The summed E-state index contributed by atoms with van der Waals surface area (Å²) in [5.41, 5.74) is 3.28. The molecule has 1 atom stereocenters. The Morgan fingerprint density at radius 3 is 2.52 bits per heavy atom. The third-order valence-corrected chi connectivity index (χ3v) is 8.04. The van der Waals surface area contributed by atoms with Crippen LogP contribution in [0.25, 0.3) is 6.08 Å². The van der Waals surface area contributed by atoms with Crippen LogP contribution in [0.1, 0.15) is 36.6 Å². The summed E-state index contributed by atoms with van der Waals surface area (Å²) in [7, 11) is 1.59. The van der Waals surface area contributed by atoms with Gasteiger partial charge in [-0.3, -0.25) is 9.36 Å². The average molecular weight is 620 g/mol. The zero-order valence-electron chi connectivity index (χ0n) is 22.2. The highest BCUT2D eigenvalue weighted by atomic mass is 79.9. The van der Waals surface area contributed by atoms with Gasteiger partial charge in [-0.05, 0) is 76.8 Å². The van der Waals surface area contributed by atoms with Crippen molar-refractivity contribution in [2.24, 2.45) is 4.99 Å². The third-order valence-electron chi connectivity index (χ3n) is 6.44. The molecule has 0 saturated carbocycles. The molecule has 0 saturated heterocycles. The Morgan fingerprint density at radius 2 is 1.85 bits per heavy atom. The monoisotopic (exact) mass is 618 g/mol. The number of hydrogen-bond donors (Lipinski definition) is 0. The first kappa shape index (κ1) is 27.6. The molecular formula is C31H27BrN2O5S. The van der Waals surface area contributed by atoms with Gasteiger partial charge in [0.15, 0.2) is 4.80 Å². The smallest absolute Gasteiger partial charge is 0.338 e. The second-order valence-electron chi connectivity index (χ2n) is 9.04. The minimum Gasteiger partial charge on any atom is -0.497 e. The van der Waals surface area contributed by atoms with Gasteiger partial charge in [0.2, 0.25) is 0 Å². The van der Waals surface area contributed by atoms with Crippen molar-refractivity contribution in [1.29, 1.82) is 0 Å². The molecule has 0 N–H and O–H groups in total. The van der Waals surface area contributed by atoms with Crippen LogP contribution in [0.5, 0.6) is 11.5 Å². The van der Waals surface area contributed by atoms with Crippen molar-refractivity contribution in [3.8, 4) is 11.5 Å². The van der Waals surface area contributed by atoms with Gasteiger partial charge in [0.05, 0.1) is 40.0 Å². The number of allylic oxidation sites excluding steroid dienone is 1. The Labute approximate surface area is 243 Å². The molecule has 0 radical (unpaired) electrons. The highest BCUT2D eigenvalue weighted by Crippen LogP contribution is 2.32. The van der Waals surface area contributed by atoms with E-state index < -0.39 is 12.0 Å². The number of aromatic nitrogens is 1. The SMILES string of the molecule is CCOC(=O)C1=C(C)N=c2s/c(=C\c3ccc(OCc4ccccc4)c(Br)c3)c(=O)n2[C@H]1c1ccc(OC)cc1. The molecule has 0 amide bonds. The van der Waals surface area contributed by atoms with Gasteiger partial charge < -0.3 is 14.2 Å². The Morgan fingerprint density at radius 1 is 1.10 bits per heavy atom. The van der Waals surface area contributed by atoms with E-state index in [0.29, 0.717) is 38.7 Å². The summed E-state index contributed by atoms with van der Waals surface area (Å²) in [4.78, 5) is 32.0. The van der Waals surface area contributed by atoms with Crippen LogP contribution in [0.15, 0.2) is 98.3 Å². The normalized spacial score (nSPS) is 14.9. The number of hydrogen-bond acceptors (Lipinski definition) is 7. The summed E-state index contributed by atoms with van der Waals surface area (Å²) in [6.07, 6.45) is 1.82. The van der Waals surface area contributed by atoms with E-state index in [0.717, 1.165) is 21.2 Å². The number of halogens is 1. The van der Waals surface area contributed by atoms with Gasteiger partial charge in [0.25, 0.3) is 5.56 Å². The quantitative estimate of drug-likeness (QED) is 0.255. The van der Waals surface area contributed by atoms with Crippen molar-refractivity contribution in [2.75, 3.05) is 13.7 Å². The molecule has 0 unspecified atom stereocenters. The number of esters is 1. The molecule has 7 nitrogen and oxygen atoms in total. The molecule has 3 aromatic carbocycles. The Kier molecular flexibility index (Phi) is 8.32. The first-order chi connectivity index (χ1) is 19.4. The lowest BCUT2D eigenvalue weighted by Crippen LogP contribution is -2.39. The van der Waals surface area contributed by atoms with Gasteiger partial charge in [0, 0.05) is 0 Å². The molecule has 0 fully saturated rings. The topological polar surface area (TPSA) is 79.1 Å². The van der Waals surface area contributed by atoms with Crippen molar-refractivity contribution in [1.82, 2.24) is 4.57 Å². The molecule has 0 spiro atoms. The number of carbonyl (C=O) groups is 1. The second-order valence-corrected chi connectivity index (χ2v) is 10.9. The molecule has 0 bridgehead atoms. The summed E-state index contributed by atoms with van der Waals surface area (Å²) >= 11 is 4.88. The molecule has 5 rings (SSSR count). The summed E-state index contributed by atoms with van der Waals surface area (Å²) in [6, 6.07) is 22.3. The predicted octanol–water partition coefficient (Wildman–Crippen LogP) is 5.15. The molecule has 9 heteroatoms. The molecule has 1 aliphatic heterocycles. The number of benzene rings is 3. The molecule has 40 heavy (non-hydrogen) atoms. The van der Waals surface area contributed by atoms with Crippen molar-refractivity contribution in [3.63, 3.8) is 0 Å².